The predicted octanol–water partition coefficient (Wildman–Crippen LogP) is 0.113. The van der Waals surface area contributed by atoms with Gasteiger partial charge in [0.05, 0.1) is 18.4 Å². The molecule has 4 rings (SSSR count). The molecular formula is C17H14ClNO. The van der Waals surface area contributed by atoms with E-state index < -0.39 is 0 Å². The summed E-state index contributed by atoms with van der Waals surface area (Å²) in [5.41, 5.74) is 5.31. The molecule has 0 saturated heterocycles. The average Bonchev–Trinajstić information content (AvgIpc) is 2.98. The SMILES string of the molecule is [Cl-].c1ccc2c(c1)C[n+]1ccccc1C2c1ccoc1. The van der Waals surface area contributed by atoms with Crippen LogP contribution < -0.4 is 17.0 Å². The number of hydrogen-bond donors (Lipinski definition) is 0. The lowest BCUT2D eigenvalue weighted by Crippen LogP contribution is -3.00. The van der Waals surface area contributed by atoms with Gasteiger partial charge in [-0.25, -0.2) is 0 Å². The summed E-state index contributed by atoms with van der Waals surface area (Å²) >= 11 is 0. The zero-order chi connectivity index (χ0) is 12.7. The van der Waals surface area contributed by atoms with Gasteiger partial charge in [0, 0.05) is 23.3 Å². The van der Waals surface area contributed by atoms with Gasteiger partial charge in [0.25, 0.3) is 0 Å². The van der Waals surface area contributed by atoms with Gasteiger partial charge >= 0.3 is 0 Å². The highest BCUT2D eigenvalue weighted by atomic mass is 35.5. The van der Waals surface area contributed by atoms with Gasteiger partial charge in [-0.15, -0.1) is 0 Å². The van der Waals surface area contributed by atoms with Crippen LogP contribution in [0.5, 0.6) is 0 Å². The highest BCUT2D eigenvalue weighted by molar-refractivity contribution is 5.43. The van der Waals surface area contributed by atoms with E-state index >= 15 is 0 Å². The summed E-state index contributed by atoms with van der Waals surface area (Å²) in [6, 6.07) is 17.1. The minimum atomic E-state index is 0. The third-order valence-corrected chi connectivity index (χ3v) is 3.85. The van der Waals surface area contributed by atoms with E-state index in [-0.39, 0.29) is 18.3 Å². The molecule has 0 fully saturated rings. The first-order valence-corrected chi connectivity index (χ1v) is 6.52. The summed E-state index contributed by atoms with van der Waals surface area (Å²) in [5.74, 6) is 0.268. The first-order valence-electron chi connectivity index (χ1n) is 6.52. The van der Waals surface area contributed by atoms with E-state index in [0.717, 1.165) is 6.54 Å². The van der Waals surface area contributed by atoms with E-state index in [0.29, 0.717) is 0 Å². The Bertz CT molecular complexity index is 676. The quantitative estimate of drug-likeness (QED) is 0.453. The second kappa shape index (κ2) is 5.14. The smallest absolute Gasteiger partial charge is 0.193 e. The Morgan fingerprint density at radius 3 is 2.70 bits per heavy atom. The van der Waals surface area contributed by atoms with Gasteiger partial charge in [-0.2, -0.15) is 4.57 Å². The van der Waals surface area contributed by atoms with Crippen LogP contribution in [-0.4, -0.2) is 0 Å². The van der Waals surface area contributed by atoms with Crippen LogP contribution in [0, 0.1) is 0 Å². The van der Waals surface area contributed by atoms with Crippen LogP contribution in [0.25, 0.3) is 0 Å². The van der Waals surface area contributed by atoms with Crippen molar-refractivity contribution in [1.29, 1.82) is 0 Å². The maximum atomic E-state index is 5.29. The Kier molecular flexibility index (Phi) is 3.33. The molecule has 1 aromatic carbocycles. The first-order chi connectivity index (χ1) is 9.43. The van der Waals surface area contributed by atoms with Gasteiger partial charge in [0.15, 0.2) is 18.4 Å². The molecule has 0 radical (unpaired) electrons. The van der Waals surface area contributed by atoms with E-state index in [1.165, 1.54) is 22.4 Å². The van der Waals surface area contributed by atoms with Crippen LogP contribution in [0.3, 0.4) is 0 Å². The number of nitrogens with zero attached hydrogens (tertiary/aromatic N) is 1. The number of rotatable bonds is 1. The van der Waals surface area contributed by atoms with Gasteiger partial charge in [0.1, 0.15) is 0 Å². The van der Waals surface area contributed by atoms with Gasteiger partial charge in [-0.1, -0.05) is 30.3 Å². The molecule has 0 amide bonds. The molecule has 0 bridgehead atoms. The number of pyridine rings is 1. The summed E-state index contributed by atoms with van der Waals surface area (Å²) in [5, 5.41) is 0. The number of hydrogen-bond acceptors (Lipinski definition) is 1. The molecule has 3 heteroatoms. The molecule has 2 nitrogen and oxygen atoms in total. The predicted molar refractivity (Wildman–Crippen MR) is 71.8 cm³/mol. The van der Waals surface area contributed by atoms with Gasteiger partial charge in [0.2, 0.25) is 0 Å². The molecule has 1 aliphatic heterocycles. The molecule has 1 atom stereocenters. The minimum absolute atomic E-state index is 0. The van der Waals surface area contributed by atoms with E-state index in [9.17, 15) is 0 Å². The lowest BCUT2D eigenvalue weighted by Gasteiger charge is -2.22. The molecule has 3 aromatic rings. The van der Waals surface area contributed by atoms with E-state index in [4.69, 9.17) is 4.42 Å². The van der Waals surface area contributed by atoms with Crippen LogP contribution in [0.4, 0.5) is 0 Å². The Balaban J connectivity index is 0.00000121. The van der Waals surface area contributed by atoms with Crippen molar-refractivity contribution in [3.05, 3.63) is 89.6 Å². The second-order valence-electron chi connectivity index (χ2n) is 4.94. The molecule has 0 aliphatic carbocycles. The highest BCUT2D eigenvalue weighted by Gasteiger charge is 2.32. The topological polar surface area (TPSA) is 17.0 Å². The number of benzene rings is 1. The molecule has 0 spiro atoms. The number of halogens is 1. The van der Waals surface area contributed by atoms with Crippen molar-refractivity contribution in [3.8, 4) is 0 Å². The Hall–Kier alpha value is -2.06. The molecular weight excluding hydrogens is 270 g/mol. The first kappa shape index (κ1) is 12.9. The molecule has 1 aliphatic rings. The standard InChI is InChI=1S/C17H14NO.ClH/c1-2-6-15-13(5-1)11-18-9-4-3-7-16(18)17(15)14-8-10-19-12-14;/h1-10,12,17H,11H2;1H/q+1;/p-1. The normalized spacial score (nSPS) is 15.9. The molecule has 0 saturated carbocycles. The lowest BCUT2D eigenvalue weighted by atomic mass is 9.84. The summed E-state index contributed by atoms with van der Waals surface area (Å²) in [7, 11) is 0. The van der Waals surface area contributed by atoms with Crippen molar-refractivity contribution in [2.24, 2.45) is 0 Å². The number of fused-ring (bicyclic) bond motifs is 2. The van der Waals surface area contributed by atoms with Crippen molar-refractivity contribution < 1.29 is 21.4 Å². The molecule has 1 unspecified atom stereocenters. The number of aromatic nitrogens is 1. The third kappa shape index (κ3) is 1.93. The van der Waals surface area contributed by atoms with Crippen LogP contribution in [0.1, 0.15) is 28.3 Å². The Morgan fingerprint density at radius 1 is 1.00 bits per heavy atom. The maximum Gasteiger partial charge on any atom is 0.193 e. The van der Waals surface area contributed by atoms with Crippen molar-refractivity contribution in [2.45, 2.75) is 12.5 Å². The molecule has 3 heterocycles. The van der Waals surface area contributed by atoms with Crippen molar-refractivity contribution in [2.75, 3.05) is 0 Å². The zero-order valence-corrected chi connectivity index (χ0v) is 11.6. The Morgan fingerprint density at radius 2 is 1.85 bits per heavy atom. The second-order valence-corrected chi connectivity index (χ2v) is 4.94. The summed E-state index contributed by atoms with van der Waals surface area (Å²) < 4.78 is 7.61. The average molecular weight is 284 g/mol. The lowest BCUT2D eigenvalue weighted by molar-refractivity contribution is -0.698. The fourth-order valence-corrected chi connectivity index (χ4v) is 2.99. The van der Waals surface area contributed by atoms with Crippen LogP contribution in [0.15, 0.2) is 71.7 Å². The molecule has 20 heavy (non-hydrogen) atoms. The van der Waals surface area contributed by atoms with Crippen LogP contribution >= 0.6 is 0 Å². The summed E-state index contributed by atoms with van der Waals surface area (Å²) in [6.45, 7) is 0.945. The van der Waals surface area contributed by atoms with Gasteiger partial charge < -0.3 is 16.8 Å². The van der Waals surface area contributed by atoms with Gasteiger partial charge in [-0.3, -0.25) is 0 Å². The minimum Gasteiger partial charge on any atom is -1.00 e. The van der Waals surface area contributed by atoms with E-state index in [2.05, 4.69) is 59.3 Å². The zero-order valence-electron chi connectivity index (χ0n) is 10.9. The summed E-state index contributed by atoms with van der Waals surface area (Å²) in [4.78, 5) is 0. The Labute approximate surface area is 124 Å². The van der Waals surface area contributed by atoms with Gasteiger partial charge in [-0.05, 0) is 11.6 Å². The van der Waals surface area contributed by atoms with Crippen molar-refractivity contribution in [3.63, 3.8) is 0 Å². The third-order valence-electron chi connectivity index (χ3n) is 3.85. The molecule has 2 aromatic heterocycles. The number of furan rings is 1. The van der Waals surface area contributed by atoms with Crippen LogP contribution in [0.2, 0.25) is 0 Å². The van der Waals surface area contributed by atoms with Crippen LogP contribution in [-0.2, 0) is 6.54 Å². The van der Waals surface area contributed by atoms with E-state index in [1.54, 1.807) is 6.26 Å². The monoisotopic (exact) mass is 283 g/mol. The van der Waals surface area contributed by atoms with E-state index in [1.807, 2.05) is 6.26 Å². The molecule has 100 valence electrons. The fourth-order valence-electron chi connectivity index (χ4n) is 2.99. The molecule has 0 N–H and O–H groups in total. The fraction of sp³-hybridized carbons (Fsp3) is 0.118. The van der Waals surface area contributed by atoms with Crippen molar-refractivity contribution in [1.82, 2.24) is 0 Å². The maximum absolute atomic E-state index is 5.29. The van der Waals surface area contributed by atoms with Crippen molar-refractivity contribution >= 4 is 0 Å². The summed E-state index contributed by atoms with van der Waals surface area (Å²) in [6.07, 6.45) is 5.75. The highest BCUT2D eigenvalue weighted by Crippen LogP contribution is 2.34. The largest absolute Gasteiger partial charge is 1.00 e.